The van der Waals surface area contributed by atoms with E-state index in [1.165, 1.54) is 0 Å². The summed E-state index contributed by atoms with van der Waals surface area (Å²) in [6.07, 6.45) is 5.62. The van der Waals surface area contributed by atoms with Crippen LogP contribution in [0.4, 0.5) is 0 Å². The Labute approximate surface area is 74.6 Å². The smallest absolute Gasteiger partial charge is 0.159 e. The molecule has 1 heterocycles. The molecule has 0 saturated carbocycles. The number of hydrogen-bond acceptors (Lipinski definition) is 2. The molecule has 0 saturated heterocycles. The van der Waals surface area contributed by atoms with E-state index in [1.807, 2.05) is 32.9 Å². The molecule has 1 N–H and O–H groups in total. The predicted octanol–water partition coefficient (Wildman–Crippen LogP) is 2.56. The summed E-state index contributed by atoms with van der Waals surface area (Å²) in [6.45, 7) is 10.1. The Morgan fingerprint density at radius 1 is 1.50 bits per heavy atom. The highest BCUT2D eigenvalue weighted by molar-refractivity contribution is 5.28. The molecule has 0 aliphatic carbocycles. The van der Waals surface area contributed by atoms with Crippen molar-refractivity contribution in [3.8, 4) is 0 Å². The predicted molar refractivity (Wildman–Crippen MR) is 52.5 cm³/mol. The maximum Gasteiger partial charge on any atom is 0.159 e. The van der Waals surface area contributed by atoms with E-state index in [2.05, 4.69) is 11.9 Å². The van der Waals surface area contributed by atoms with Crippen molar-refractivity contribution in [3.05, 3.63) is 36.3 Å². The van der Waals surface area contributed by atoms with Gasteiger partial charge in [-0.3, -0.25) is 0 Å². The average molecular weight is 167 g/mol. The zero-order valence-electron chi connectivity index (χ0n) is 8.05. The second-order valence-corrected chi connectivity index (χ2v) is 1.95. The van der Waals surface area contributed by atoms with Crippen LogP contribution in [0, 0.1) is 0 Å². The molecule has 0 amide bonds. The van der Waals surface area contributed by atoms with Gasteiger partial charge in [-0.05, 0) is 19.1 Å². The number of hydrogen-bond donors (Lipinski definition) is 1. The Hall–Kier alpha value is -1.18. The second-order valence-electron chi connectivity index (χ2n) is 1.95. The van der Waals surface area contributed by atoms with Crippen molar-refractivity contribution in [2.75, 3.05) is 6.73 Å². The highest BCUT2D eigenvalue weighted by atomic mass is 16.5. The van der Waals surface area contributed by atoms with Crippen LogP contribution in [0.25, 0.3) is 0 Å². The van der Waals surface area contributed by atoms with Gasteiger partial charge in [0.05, 0.1) is 5.70 Å². The van der Waals surface area contributed by atoms with Crippen molar-refractivity contribution in [1.29, 1.82) is 0 Å². The van der Waals surface area contributed by atoms with Gasteiger partial charge in [-0.2, -0.15) is 0 Å². The van der Waals surface area contributed by atoms with Crippen molar-refractivity contribution in [1.82, 2.24) is 5.32 Å². The molecule has 0 aromatic rings. The Bertz CT molecular complexity index is 192. The minimum Gasteiger partial charge on any atom is -0.471 e. The molecular weight excluding hydrogens is 150 g/mol. The van der Waals surface area contributed by atoms with Crippen LogP contribution in [0.2, 0.25) is 0 Å². The highest BCUT2D eigenvalue weighted by Gasteiger charge is 2.07. The molecule has 1 rings (SSSR count). The van der Waals surface area contributed by atoms with Gasteiger partial charge >= 0.3 is 0 Å². The fraction of sp³-hybridized carbons (Fsp3) is 0.400. The Kier molecular flexibility index (Phi) is 5.88. The molecule has 0 fully saturated rings. The maximum atomic E-state index is 5.17. The SMILES string of the molecule is C=CC1=C(/C=C\C)NCO1.CC. The van der Waals surface area contributed by atoms with E-state index in [-0.39, 0.29) is 0 Å². The molecule has 0 aromatic carbocycles. The fourth-order valence-electron chi connectivity index (χ4n) is 0.833. The van der Waals surface area contributed by atoms with Gasteiger partial charge in [0.15, 0.2) is 6.73 Å². The summed E-state index contributed by atoms with van der Waals surface area (Å²) < 4.78 is 5.17. The van der Waals surface area contributed by atoms with E-state index < -0.39 is 0 Å². The van der Waals surface area contributed by atoms with Crippen molar-refractivity contribution in [3.63, 3.8) is 0 Å². The van der Waals surface area contributed by atoms with Crippen LogP contribution in [0.1, 0.15) is 20.8 Å². The normalized spacial score (nSPS) is 14.9. The topological polar surface area (TPSA) is 21.3 Å². The van der Waals surface area contributed by atoms with Crippen LogP contribution >= 0.6 is 0 Å². The lowest BCUT2D eigenvalue weighted by Crippen LogP contribution is -2.05. The first kappa shape index (κ1) is 10.8. The van der Waals surface area contributed by atoms with E-state index in [0.29, 0.717) is 6.73 Å². The quantitative estimate of drug-likeness (QED) is 0.682. The van der Waals surface area contributed by atoms with Crippen LogP contribution in [0.3, 0.4) is 0 Å². The zero-order chi connectivity index (χ0) is 9.40. The van der Waals surface area contributed by atoms with Gasteiger partial charge in [-0.25, -0.2) is 0 Å². The third-order valence-electron chi connectivity index (χ3n) is 1.27. The van der Waals surface area contributed by atoms with Gasteiger partial charge in [0, 0.05) is 0 Å². The maximum absolute atomic E-state index is 5.17. The number of allylic oxidation sites excluding steroid dienone is 3. The summed E-state index contributed by atoms with van der Waals surface area (Å²) in [4.78, 5) is 0. The minimum atomic E-state index is 0.557. The molecule has 2 nitrogen and oxygen atoms in total. The summed E-state index contributed by atoms with van der Waals surface area (Å²) in [6, 6.07) is 0. The van der Waals surface area contributed by atoms with Crippen LogP contribution in [-0.4, -0.2) is 6.73 Å². The van der Waals surface area contributed by atoms with Gasteiger partial charge in [0.1, 0.15) is 5.76 Å². The summed E-state index contributed by atoms with van der Waals surface area (Å²) in [5.74, 6) is 0.832. The Morgan fingerprint density at radius 2 is 2.17 bits per heavy atom. The van der Waals surface area contributed by atoms with E-state index >= 15 is 0 Å². The summed E-state index contributed by atoms with van der Waals surface area (Å²) in [5.41, 5.74) is 1.01. The first-order chi connectivity index (χ1) is 5.88. The van der Waals surface area contributed by atoms with Crippen LogP contribution in [0.5, 0.6) is 0 Å². The highest BCUT2D eigenvalue weighted by Crippen LogP contribution is 2.11. The summed E-state index contributed by atoms with van der Waals surface area (Å²) in [5, 5.41) is 3.06. The molecule has 0 atom stereocenters. The lowest BCUT2D eigenvalue weighted by Gasteiger charge is -1.91. The lowest BCUT2D eigenvalue weighted by atomic mass is 10.3. The second kappa shape index (κ2) is 6.53. The van der Waals surface area contributed by atoms with Gasteiger partial charge in [-0.15, -0.1) is 0 Å². The molecule has 12 heavy (non-hydrogen) atoms. The minimum absolute atomic E-state index is 0.557. The molecule has 0 spiro atoms. The molecule has 0 unspecified atom stereocenters. The first-order valence-electron chi connectivity index (χ1n) is 4.24. The molecule has 0 radical (unpaired) electrons. The first-order valence-corrected chi connectivity index (χ1v) is 4.24. The summed E-state index contributed by atoms with van der Waals surface area (Å²) in [7, 11) is 0. The van der Waals surface area contributed by atoms with Gasteiger partial charge in [-0.1, -0.05) is 26.5 Å². The molecular formula is C10H17NO. The van der Waals surface area contributed by atoms with E-state index in [1.54, 1.807) is 6.08 Å². The average Bonchev–Trinajstić information content (AvgIpc) is 2.56. The molecule has 68 valence electrons. The number of ether oxygens (including phenoxy) is 1. The van der Waals surface area contributed by atoms with E-state index in [0.717, 1.165) is 11.5 Å². The number of nitrogens with one attached hydrogen (secondary N) is 1. The summed E-state index contributed by atoms with van der Waals surface area (Å²) >= 11 is 0. The van der Waals surface area contributed by atoms with Crippen molar-refractivity contribution >= 4 is 0 Å². The molecule has 1 aliphatic rings. The van der Waals surface area contributed by atoms with Gasteiger partial charge in [0.2, 0.25) is 0 Å². The third-order valence-corrected chi connectivity index (χ3v) is 1.27. The molecule has 0 aromatic heterocycles. The Balaban J connectivity index is 0.000000561. The standard InChI is InChI=1S/C8H11NO.C2H6/c1-3-5-7-8(4-2)10-6-9-7;1-2/h3-5,9H,2,6H2,1H3;1-2H3/b5-3-;. The van der Waals surface area contributed by atoms with Gasteiger partial charge < -0.3 is 10.1 Å². The van der Waals surface area contributed by atoms with Crippen molar-refractivity contribution in [2.24, 2.45) is 0 Å². The molecule has 2 heteroatoms. The van der Waals surface area contributed by atoms with Crippen molar-refractivity contribution < 1.29 is 4.74 Å². The van der Waals surface area contributed by atoms with Crippen LogP contribution in [0.15, 0.2) is 36.3 Å². The van der Waals surface area contributed by atoms with Gasteiger partial charge in [0.25, 0.3) is 0 Å². The van der Waals surface area contributed by atoms with Crippen LogP contribution in [-0.2, 0) is 4.74 Å². The zero-order valence-corrected chi connectivity index (χ0v) is 8.05. The fourth-order valence-corrected chi connectivity index (χ4v) is 0.833. The Morgan fingerprint density at radius 3 is 2.67 bits per heavy atom. The third kappa shape index (κ3) is 2.82. The monoisotopic (exact) mass is 167 g/mol. The lowest BCUT2D eigenvalue weighted by molar-refractivity contribution is 0.244. The van der Waals surface area contributed by atoms with Crippen LogP contribution < -0.4 is 5.32 Å². The molecule has 1 aliphatic heterocycles. The number of rotatable bonds is 2. The molecule has 0 bridgehead atoms. The largest absolute Gasteiger partial charge is 0.471 e. The van der Waals surface area contributed by atoms with E-state index in [9.17, 15) is 0 Å². The van der Waals surface area contributed by atoms with E-state index in [4.69, 9.17) is 4.74 Å². The van der Waals surface area contributed by atoms with Crippen molar-refractivity contribution in [2.45, 2.75) is 20.8 Å².